The van der Waals surface area contributed by atoms with Crippen LogP contribution in [0.5, 0.6) is 0 Å². The Morgan fingerprint density at radius 1 is 1.33 bits per heavy atom. The van der Waals surface area contributed by atoms with Crippen LogP contribution >= 0.6 is 11.6 Å². The van der Waals surface area contributed by atoms with Gasteiger partial charge in [0.2, 0.25) is 0 Å². The molecule has 0 spiro atoms. The van der Waals surface area contributed by atoms with Gasteiger partial charge in [0.1, 0.15) is 0 Å². The van der Waals surface area contributed by atoms with Gasteiger partial charge in [0, 0.05) is 24.8 Å². The van der Waals surface area contributed by atoms with Crippen LogP contribution in [0, 0.1) is 11.3 Å². The molecule has 80 valence electrons. The molecule has 0 saturated heterocycles. The van der Waals surface area contributed by atoms with Crippen molar-refractivity contribution in [2.24, 2.45) is 0 Å². The molecule has 0 atom stereocenters. The molecular weight excluding hydrogens is 208 g/mol. The van der Waals surface area contributed by atoms with Crippen molar-refractivity contribution in [2.75, 3.05) is 19.0 Å². The van der Waals surface area contributed by atoms with Crippen molar-refractivity contribution in [3.05, 3.63) is 28.3 Å². The summed E-state index contributed by atoms with van der Waals surface area (Å²) in [7, 11) is 3.86. The number of anilines is 1. The van der Waals surface area contributed by atoms with Crippen molar-refractivity contribution in [3.8, 4) is 6.07 Å². The fourth-order valence-corrected chi connectivity index (χ4v) is 1.97. The maximum atomic E-state index is 9.07. The Morgan fingerprint density at radius 3 is 2.33 bits per heavy atom. The van der Waals surface area contributed by atoms with Gasteiger partial charge in [-0.15, -0.1) is 0 Å². The first-order chi connectivity index (χ1) is 6.97. The monoisotopic (exact) mass is 222 g/mol. The van der Waals surface area contributed by atoms with Crippen molar-refractivity contribution in [1.29, 1.82) is 5.26 Å². The molecule has 1 aromatic carbocycles. The van der Waals surface area contributed by atoms with E-state index in [0.717, 1.165) is 11.3 Å². The molecule has 1 aromatic rings. The lowest BCUT2D eigenvalue weighted by Crippen LogP contribution is -2.09. The zero-order valence-corrected chi connectivity index (χ0v) is 10.3. The topological polar surface area (TPSA) is 27.0 Å². The predicted octanol–water partition coefficient (Wildman–Crippen LogP) is 3.40. The second kappa shape index (κ2) is 4.55. The van der Waals surface area contributed by atoms with E-state index >= 15 is 0 Å². The van der Waals surface area contributed by atoms with E-state index < -0.39 is 0 Å². The summed E-state index contributed by atoms with van der Waals surface area (Å²) < 4.78 is 0. The molecule has 0 aliphatic carbocycles. The van der Waals surface area contributed by atoms with Gasteiger partial charge in [0.25, 0.3) is 0 Å². The summed E-state index contributed by atoms with van der Waals surface area (Å²) in [5.74, 6) is 0.267. The quantitative estimate of drug-likeness (QED) is 0.767. The highest BCUT2D eigenvalue weighted by molar-refractivity contribution is 6.31. The highest BCUT2D eigenvalue weighted by atomic mass is 35.5. The Balaban J connectivity index is 3.39. The Bertz CT molecular complexity index is 403. The molecule has 3 heteroatoms. The van der Waals surface area contributed by atoms with Crippen molar-refractivity contribution in [2.45, 2.75) is 19.8 Å². The number of hydrogen-bond donors (Lipinski definition) is 0. The van der Waals surface area contributed by atoms with E-state index in [1.807, 2.05) is 45.0 Å². The smallest absolute Gasteiger partial charge is 0.0995 e. The highest BCUT2D eigenvalue weighted by Gasteiger charge is 2.13. The summed E-state index contributed by atoms with van der Waals surface area (Å²) in [6.45, 7) is 4.08. The molecule has 0 fully saturated rings. The maximum absolute atomic E-state index is 9.07. The lowest BCUT2D eigenvalue weighted by molar-refractivity contribution is 0.862. The van der Waals surface area contributed by atoms with Crippen molar-refractivity contribution in [1.82, 2.24) is 0 Å². The van der Waals surface area contributed by atoms with E-state index in [1.54, 1.807) is 0 Å². The third-order valence-corrected chi connectivity index (χ3v) is 2.64. The van der Waals surface area contributed by atoms with Crippen LogP contribution in [0.2, 0.25) is 5.02 Å². The molecule has 0 saturated carbocycles. The standard InChI is InChI=1S/C12H15ClN2/c1-8(2)12-9(7-14)5-10(15(3)4)6-11(12)13/h5-6,8H,1-4H3. The van der Waals surface area contributed by atoms with Gasteiger partial charge < -0.3 is 4.90 Å². The van der Waals surface area contributed by atoms with Crippen LogP contribution in [0.15, 0.2) is 12.1 Å². The minimum atomic E-state index is 0.267. The van der Waals surface area contributed by atoms with E-state index in [1.165, 1.54) is 0 Å². The molecule has 2 nitrogen and oxygen atoms in total. The molecule has 15 heavy (non-hydrogen) atoms. The average molecular weight is 223 g/mol. The van der Waals surface area contributed by atoms with Crippen LogP contribution in [-0.2, 0) is 0 Å². The Kier molecular flexibility index (Phi) is 3.60. The third kappa shape index (κ3) is 2.43. The van der Waals surface area contributed by atoms with Gasteiger partial charge in [-0.2, -0.15) is 5.26 Å². The molecule has 0 N–H and O–H groups in total. The van der Waals surface area contributed by atoms with Crippen LogP contribution in [0.25, 0.3) is 0 Å². The number of halogens is 1. The van der Waals surface area contributed by atoms with Gasteiger partial charge in [0.15, 0.2) is 0 Å². The van der Waals surface area contributed by atoms with Gasteiger partial charge in [-0.25, -0.2) is 0 Å². The van der Waals surface area contributed by atoms with Crippen LogP contribution < -0.4 is 4.90 Å². The number of benzene rings is 1. The molecule has 1 rings (SSSR count). The van der Waals surface area contributed by atoms with Crippen molar-refractivity contribution >= 4 is 17.3 Å². The molecular formula is C12H15ClN2. The first kappa shape index (κ1) is 11.9. The molecule has 0 bridgehead atoms. The SMILES string of the molecule is CC(C)c1c(Cl)cc(N(C)C)cc1C#N. The maximum Gasteiger partial charge on any atom is 0.0995 e. The number of nitriles is 1. The van der Waals surface area contributed by atoms with Gasteiger partial charge in [0.05, 0.1) is 11.6 Å². The summed E-state index contributed by atoms with van der Waals surface area (Å²) in [6.07, 6.45) is 0. The number of nitrogens with zero attached hydrogens (tertiary/aromatic N) is 2. The second-order valence-corrected chi connectivity index (χ2v) is 4.46. The summed E-state index contributed by atoms with van der Waals surface area (Å²) >= 11 is 6.17. The fraction of sp³-hybridized carbons (Fsp3) is 0.417. The number of rotatable bonds is 2. The van der Waals surface area contributed by atoms with E-state index in [4.69, 9.17) is 16.9 Å². The predicted molar refractivity (Wildman–Crippen MR) is 64.6 cm³/mol. The van der Waals surface area contributed by atoms with Crippen LogP contribution in [0.4, 0.5) is 5.69 Å². The van der Waals surface area contributed by atoms with E-state index in [2.05, 4.69) is 6.07 Å². The minimum Gasteiger partial charge on any atom is -0.378 e. The molecule has 0 heterocycles. The van der Waals surface area contributed by atoms with Gasteiger partial charge in [-0.05, 0) is 23.6 Å². The van der Waals surface area contributed by atoms with Crippen molar-refractivity contribution < 1.29 is 0 Å². The molecule has 0 unspecified atom stereocenters. The zero-order valence-electron chi connectivity index (χ0n) is 9.50. The zero-order chi connectivity index (χ0) is 11.6. The molecule has 0 aliphatic heterocycles. The average Bonchev–Trinajstić information content (AvgIpc) is 2.15. The Labute approximate surface area is 96.1 Å². The minimum absolute atomic E-state index is 0.267. The highest BCUT2D eigenvalue weighted by Crippen LogP contribution is 2.31. The molecule has 0 aromatic heterocycles. The summed E-state index contributed by atoms with van der Waals surface area (Å²) in [5.41, 5.74) is 2.56. The Morgan fingerprint density at radius 2 is 1.93 bits per heavy atom. The summed E-state index contributed by atoms with van der Waals surface area (Å²) in [4.78, 5) is 1.94. The van der Waals surface area contributed by atoms with Crippen LogP contribution in [-0.4, -0.2) is 14.1 Å². The second-order valence-electron chi connectivity index (χ2n) is 4.05. The van der Waals surface area contributed by atoms with Gasteiger partial charge >= 0.3 is 0 Å². The van der Waals surface area contributed by atoms with Gasteiger partial charge in [-0.1, -0.05) is 25.4 Å². The van der Waals surface area contributed by atoms with E-state index in [9.17, 15) is 0 Å². The van der Waals surface area contributed by atoms with Gasteiger partial charge in [-0.3, -0.25) is 0 Å². The first-order valence-electron chi connectivity index (χ1n) is 4.88. The third-order valence-electron chi connectivity index (χ3n) is 2.33. The van der Waals surface area contributed by atoms with Crippen LogP contribution in [0.3, 0.4) is 0 Å². The molecule has 0 aliphatic rings. The van der Waals surface area contributed by atoms with Crippen molar-refractivity contribution in [3.63, 3.8) is 0 Å². The summed E-state index contributed by atoms with van der Waals surface area (Å²) in [6, 6.07) is 5.98. The normalized spacial score (nSPS) is 10.2. The van der Waals surface area contributed by atoms with Crippen LogP contribution in [0.1, 0.15) is 30.9 Å². The lowest BCUT2D eigenvalue weighted by Gasteiger charge is -2.17. The Hall–Kier alpha value is -1.20. The van der Waals surface area contributed by atoms with E-state index in [0.29, 0.717) is 10.6 Å². The first-order valence-corrected chi connectivity index (χ1v) is 5.26. The fourth-order valence-electron chi connectivity index (χ4n) is 1.54. The molecule has 0 radical (unpaired) electrons. The lowest BCUT2D eigenvalue weighted by atomic mass is 9.97. The number of hydrogen-bond acceptors (Lipinski definition) is 2. The van der Waals surface area contributed by atoms with E-state index in [-0.39, 0.29) is 5.92 Å². The molecule has 0 amide bonds. The largest absolute Gasteiger partial charge is 0.378 e. The summed E-state index contributed by atoms with van der Waals surface area (Å²) in [5, 5.41) is 9.74.